The number of halogens is 2. The molecular formula is C16H15Cl2N3S. The van der Waals surface area contributed by atoms with E-state index >= 15 is 0 Å². The highest BCUT2D eigenvalue weighted by Crippen LogP contribution is 2.37. The molecule has 0 fully saturated rings. The zero-order chi connectivity index (χ0) is 15.7. The lowest BCUT2D eigenvalue weighted by Gasteiger charge is -2.29. The highest BCUT2D eigenvalue weighted by molar-refractivity contribution is 7.98. The predicted octanol–water partition coefficient (Wildman–Crippen LogP) is 4.89. The fraction of sp³-hybridized carbons (Fsp3) is 0.250. The lowest BCUT2D eigenvalue weighted by atomic mass is 9.99. The highest BCUT2D eigenvalue weighted by Gasteiger charge is 2.22. The van der Waals surface area contributed by atoms with Crippen molar-refractivity contribution >= 4 is 52.4 Å². The molecule has 1 aromatic carbocycles. The maximum Gasteiger partial charge on any atom is 0.189 e. The van der Waals surface area contributed by atoms with Gasteiger partial charge < -0.3 is 4.90 Å². The molecule has 0 N–H and O–H groups in total. The van der Waals surface area contributed by atoms with Crippen molar-refractivity contribution < 1.29 is 0 Å². The summed E-state index contributed by atoms with van der Waals surface area (Å²) >= 11 is 14.2. The van der Waals surface area contributed by atoms with Gasteiger partial charge in [0, 0.05) is 40.5 Å². The molecule has 1 aromatic heterocycles. The number of nitrogens with zero attached hydrogens (tertiary/aromatic N) is 3. The second-order valence-corrected chi connectivity index (χ2v) is 6.50. The number of hydrogen-bond acceptors (Lipinski definition) is 4. The van der Waals surface area contributed by atoms with E-state index in [9.17, 15) is 0 Å². The van der Waals surface area contributed by atoms with Crippen molar-refractivity contribution in [3.8, 4) is 0 Å². The van der Waals surface area contributed by atoms with Crippen molar-refractivity contribution in [2.75, 3.05) is 24.2 Å². The first-order chi connectivity index (χ1) is 10.6. The van der Waals surface area contributed by atoms with E-state index in [2.05, 4.69) is 27.9 Å². The van der Waals surface area contributed by atoms with Gasteiger partial charge in [-0.1, -0.05) is 41.0 Å². The van der Waals surface area contributed by atoms with Crippen LogP contribution in [0.4, 0.5) is 5.82 Å². The van der Waals surface area contributed by atoms with E-state index in [1.165, 1.54) is 0 Å². The molecule has 2 aromatic rings. The lowest BCUT2D eigenvalue weighted by molar-refractivity contribution is 0.842. The van der Waals surface area contributed by atoms with Crippen molar-refractivity contribution in [1.82, 2.24) is 9.97 Å². The lowest BCUT2D eigenvalue weighted by Crippen LogP contribution is -2.29. The fourth-order valence-electron chi connectivity index (χ4n) is 2.55. The van der Waals surface area contributed by atoms with Crippen LogP contribution in [0.2, 0.25) is 10.0 Å². The molecule has 0 bridgehead atoms. The fourth-order valence-corrected chi connectivity index (χ4v) is 3.53. The largest absolute Gasteiger partial charge is 0.352 e. The number of hydrogen-bond donors (Lipinski definition) is 0. The molecule has 2 heterocycles. The summed E-state index contributed by atoms with van der Waals surface area (Å²) in [6.45, 7) is 3.71. The third-order valence-electron chi connectivity index (χ3n) is 3.61. The number of likely N-dealkylation sites (N-methyl/N-ethyl adjacent to an activating group) is 1. The van der Waals surface area contributed by atoms with Gasteiger partial charge in [-0.15, -0.1) is 0 Å². The van der Waals surface area contributed by atoms with Gasteiger partial charge in [0.25, 0.3) is 0 Å². The van der Waals surface area contributed by atoms with Gasteiger partial charge in [0.15, 0.2) is 5.16 Å². The molecule has 6 heteroatoms. The van der Waals surface area contributed by atoms with Crippen molar-refractivity contribution in [3.63, 3.8) is 0 Å². The monoisotopic (exact) mass is 351 g/mol. The minimum atomic E-state index is 0.667. The Labute approximate surface area is 144 Å². The summed E-state index contributed by atoms with van der Waals surface area (Å²) < 4.78 is 0. The summed E-state index contributed by atoms with van der Waals surface area (Å²) in [6, 6.07) is 5.59. The number of thioether (sulfide) groups is 1. The van der Waals surface area contributed by atoms with Gasteiger partial charge in [0.1, 0.15) is 5.82 Å². The van der Waals surface area contributed by atoms with Crippen molar-refractivity contribution in [2.24, 2.45) is 0 Å². The number of benzene rings is 1. The first kappa shape index (κ1) is 15.7. The summed E-state index contributed by atoms with van der Waals surface area (Å²) in [7, 11) is 0. The summed E-state index contributed by atoms with van der Waals surface area (Å²) in [5.74, 6) is 0.966. The molecule has 0 unspecified atom stereocenters. The van der Waals surface area contributed by atoms with E-state index in [-0.39, 0.29) is 0 Å². The number of aromatic nitrogens is 2. The number of anilines is 1. The molecule has 0 amide bonds. The number of rotatable bonds is 3. The van der Waals surface area contributed by atoms with Gasteiger partial charge in [-0.05, 0) is 37.0 Å². The summed E-state index contributed by atoms with van der Waals surface area (Å²) in [5, 5.41) is 2.12. The molecule has 3 rings (SSSR count). The van der Waals surface area contributed by atoms with Crippen LogP contribution in [0, 0.1) is 0 Å². The maximum absolute atomic E-state index is 6.35. The molecule has 1 aliphatic heterocycles. The molecule has 114 valence electrons. The van der Waals surface area contributed by atoms with Crippen molar-refractivity contribution in [2.45, 2.75) is 12.1 Å². The van der Waals surface area contributed by atoms with Crippen molar-refractivity contribution in [3.05, 3.63) is 45.6 Å². The van der Waals surface area contributed by atoms with Crippen LogP contribution in [0.5, 0.6) is 0 Å². The van der Waals surface area contributed by atoms with Crippen LogP contribution in [-0.4, -0.2) is 29.3 Å². The molecule has 0 saturated carbocycles. The van der Waals surface area contributed by atoms with Gasteiger partial charge in [-0.3, -0.25) is 0 Å². The van der Waals surface area contributed by atoms with Crippen LogP contribution in [0.25, 0.3) is 11.6 Å². The maximum atomic E-state index is 6.35. The Kier molecular flexibility index (Phi) is 4.62. The molecule has 0 saturated heterocycles. The zero-order valence-corrected chi connectivity index (χ0v) is 14.6. The third-order valence-corrected chi connectivity index (χ3v) is 4.80. The van der Waals surface area contributed by atoms with Crippen LogP contribution in [0.3, 0.4) is 0 Å². The van der Waals surface area contributed by atoms with E-state index < -0.39 is 0 Å². The van der Waals surface area contributed by atoms with Gasteiger partial charge in [-0.2, -0.15) is 0 Å². The van der Waals surface area contributed by atoms with Gasteiger partial charge >= 0.3 is 0 Å². The first-order valence-electron chi connectivity index (χ1n) is 6.95. The normalized spacial score (nSPS) is 13.8. The molecular weight excluding hydrogens is 337 g/mol. The second kappa shape index (κ2) is 6.49. The van der Waals surface area contributed by atoms with E-state index in [0.29, 0.717) is 10.0 Å². The Hall–Kier alpha value is -1.23. The quantitative estimate of drug-likeness (QED) is 0.581. The smallest absolute Gasteiger partial charge is 0.189 e. The first-order valence-corrected chi connectivity index (χ1v) is 8.93. The summed E-state index contributed by atoms with van der Waals surface area (Å²) in [5.41, 5.74) is 2.98. The molecule has 3 nitrogen and oxygen atoms in total. The van der Waals surface area contributed by atoms with Gasteiger partial charge in [0.05, 0.1) is 0 Å². The summed E-state index contributed by atoms with van der Waals surface area (Å²) in [4.78, 5) is 11.2. The average Bonchev–Trinajstić information content (AvgIpc) is 2.53. The minimum Gasteiger partial charge on any atom is -0.352 e. The van der Waals surface area contributed by atoms with Crippen LogP contribution in [0.15, 0.2) is 29.6 Å². The molecule has 0 atom stereocenters. The van der Waals surface area contributed by atoms with Crippen LogP contribution < -0.4 is 4.90 Å². The Morgan fingerprint density at radius 2 is 2.00 bits per heavy atom. The second-order valence-electron chi connectivity index (χ2n) is 4.92. The molecule has 0 radical (unpaired) electrons. The molecule has 22 heavy (non-hydrogen) atoms. The SMILES string of the molecule is CCN1CC(c2c(Cl)cccc2Cl)=Cc2cnc(SC)nc21. The number of fused-ring (bicyclic) bond motifs is 1. The van der Waals surface area contributed by atoms with Gasteiger partial charge in [-0.25, -0.2) is 9.97 Å². The van der Waals surface area contributed by atoms with E-state index in [4.69, 9.17) is 23.2 Å². The van der Waals surface area contributed by atoms with E-state index in [1.54, 1.807) is 11.8 Å². The molecule has 0 aliphatic carbocycles. The standard InChI is InChI=1S/C16H15Cl2N3S/c1-3-21-9-11(14-12(17)5-4-6-13(14)18)7-10-8-19-16(22-2)20-15(10)21/h4-8H,3,9H2,1-2H3. The molecule has 0 spiro atoms. The van der Waals surface area contributed by atoms with Crippen molar-refractivity contribution in [1.29, 1.82) is 0 Å². The zero-order valence-electron chi connectivity index (χ0n) is 12.3. The Balaban J connectivity index is 2.13. The van der Waals surface area contributed by atoms with E-state index in [0.717, 1.165) is 40.8 Å². The predicted molar refractivity (Wildman–Crippen MR) is 96.0 cm³/mol. The van der Waals surface area contributed by atoms with Crippen LogP contribution in [-0.2, 0) is 0 Å². The van der Waals surface area contributed by atoms with Crippen LogP contribution in [0.1, 0.15) is 18.1 Å². The molecule has 1 aliphatic rings. The Bertz CT molecular complexity index is 726. The third kappa shape index (κ3) is 2.83. The Morgan fingerprint density at radius 1 is 1.27 bits per heavy atom. The highest BCUT2D eigenvalue weighted by atomic mass is 35.5. The Morgan fingerprint density at radius 3 is 2.64 bits per heavy atom. The van der Waals surface area contributed by atoms with E-state index in [1.807, 2.05) is 30.7 Å². The topological polar surface area (TPSA) is 29.0 Å². The minimum absolute atomic E-state index is 0.667. The average molecular weight is 352 g/mol. The summed E-state index contributed by atoms with van der Waals surface area (Å²) in [6.07, 6.45) is 5.92. The van der Waals surface area contributed by atoms with Crippen LogP contribution >= 0.6 is 35.0 Å². The van der Waals surface area contributed by atoms with Gasteiger partial charge in [0.2, 0.25) is 0 Å².